The van der Waals surface area contributed by atoms with Gasteiger partial charge in [-0.25, -0.2) is 9.69 Å². The van der Waals surface area contributed by atoms with Gasteiger partial charge in [0.1, 0.15) is 0 Å². The molecule has 208 valence electrons. The number of nitrogens with one attached hydrogen (secondary N) is 1. The second-order valence-electron chi connectivity index (χ2n) is 10.6. The fraction of sp³-hybridized carbons (Fsp3) is 0.152. The van der Waals surface area contributed by atoms with Gasteiger partial charge in [0.2, 0.25) is 11.8 Å². The first-order valence-corrected chi connectivity index (χ1v) is 14.6. The smallest absolute Gasteiger partial charge is 0.338 e. The molecule has 2 atom stereocenters. The second-order valence-corrected chi connectivity index (χ2v) is 11.8. The van der Waals surface area contributed by atoms with E-state index in [4.69, 9.17) is 16.3 Å². The van der Waals surface area contributed by atoms with Crippen molar-refractivity contribution in [3.63, 3.8) is 0 Å². The lowest BCUT2D eigenvalue weighted by Gasteiger charge is -2.45. The van der Waals surface area contributed by atoms with Crippen LogP contribution in [-0.2, 0) is 19.1 Å². The minimum absolute atomic E-state index is 0.189. The van der Waals surface area contributed by atoms with Crippen molar-refractivity contribution >= 4 is 62.6 Å². The quantitative estimate of drug-likeness (QED) is 0.204. The number of esters is 1. The largest absolute Gasteiger partial charge is 0.452 e. The van der Waals surface area contributed by atoms with Gasteiger partial charge in [-0.05, 0) is 80.6 Å². The van der Waals surface area contributed by atoms with Crippen molar-refractivity contribution in [1.29, 1.82) is 0 Å². The molecule has 42 heavy (non-hydrogen) atoms. The number of hydrogen-bond acceptors (Lipinski definition) is 5. The van der Waals surface area contributed by atoms with Crippen LogP contribution >= 0.6 is 27.5 Å². The second kappa shape index (κ2) is 10.2. The van der Waals surface area contributed by atoms with Crippen LogP contribution in [0.1, 0.15) is 44.4 Å². The molecule has 1 heterocycles. The molecule has 4 aliphatic rings. The van der Waals surface area contributed by atoms with Gasteiger partial charge in [0, 0.05) is 22.0 Å². The molecule has 0 unspecified atom stereocenters. The first-order valence-electron chi connectivity index (χ1n) is 13.4. The molecule has 1 saturated heterocycles. The van der Waals surface area contributed by atoms with Gasteiger partial charge in [-0.1, -0.05) is 60.1 Å². The monoisotopic (exact) mass is 640 g/mol. The molecule has 3 aliphatic carbocycles. The maximum atomic E-state index is 13.9. The molecule has 0 saturated carbocycles. The van der Waals surface area contributed by atoms with Crippen LogP contribution in [0.2, 0.25) is 5.02 Å². The average Bonchev–Trinajstić information content (AvgIpc) is 3.28. The fourth-order valence-corrected chi connectivity index (χ4v) is 7.09. The lowest BCUT2D eigenvalue weighted by molar-refractivity contribution is -0.122. The van der Waals surface area contributed by atoms with Gasteiger partial charge in [0.05, 0.1) is 28.1 Å². The van der Waals surface area contributed by atoms with E-state index in [1.54, 1.807) is 30.3 Å². The van der Waals surface area contributed by atoms with Crippen LogP contribution < -0.4 is 10.2 Å². The van der Waals surface area contributed by atoms with E-state index in [0.29, 0.717) is 20.9 Å². The third-order valence-corrected chi connectivity index (χ3v) is 9.58. The number of halogens is 2. The molecule has 0 aromatic heterocycles. The van der Waals surface area contributed by atoms with Crippen LogP contribution in [0.3, 0.4) is 0 Å². The van der Waals surface area contributed by atoms with E-state index in [0.717, 1.165) is 22.3 Å². The number of anilines is 2. The highest BCUT2D eigenvalue weighted by molar-refractivity contribution is 9.10. The van der Waals surface area contributed by atoms with Crippen molar-refractivity contribution in [2.75, 3.05) is 16.8 Å². The molecule has 1 fully saturated rings. The van der Waals surface area contributed by atoms with Crippen LogP contribution in [0.5, 0.6) is 0 Å². The topological polar surface area (TPSA) is 92.8 Å². The Morgan fingerprint density at radius 1 is 0.786 bits per heavy atom. The summed E-state index contributed by atoms with van der Waals surface area (Å²) in [7, 11) is 0. The van der Waals surface area contributed by atoms with E-state index >= 15 is 0 Å². The predicted molar refractivity (Wildman–Crippen MR) is 161 cm³/mol. The Balaban J connectivity index is 1.08. The van der Waals surface area contributed by atoms with E-state index in [1.165, 1.54) is 17.0 Å². The number of carbonyl (C=O) groups excluding carboxylic acids is 4. The van der Waals surface area contributed by atoms with Crippen LogP contribution in [0.15, 0.2) is 95.5 Å². The summed E-state index contributed by atoms with van der Waals surface area (Å²) in [6.45, 7) is -0.495. The number of hydrogen-bond donors (Lipinski definition) is 1. The van der Waals surface area contributed by atoms with E-state index in [-0.39, 0.29) is 29.2 Å². The molecule has 4 aromatic carbocycles. The molecule has 3 amide bonds. The molecule has 1 N–H and O–H groups in total. The van der Waals surface area contributed by atoms with Gasteiger partial charge < -0.3 is 10.1 Å². The van der Waals surface area contributed by atoms with Crippen molar-refractivity contribution in [2.45, 2.75) is 11.8 Å². The summed E-state index contributed by atoms with van der Waals surface area (Å²) in [6, 6.07) is 27.2. The zero-order valence-electron chi connectivity index (χ0n) is 21.9. The molecule has 8 rings (SSSR count). The van der Waals surface area contributed by atoms with Crippen molar-refractivity contribution in [1.82, 2.24) is 0 Å². The predicted octanol–water partition coefficient (Wildman–Crippen LogP) is 6.29. The van der Waals surface area contributed by atoms with E-state index in [1.807, 2.05) is 24.3 Å². The molecule has 1 aliphatic heterocycles. The SMILES string of the molecule is O=C(COC(=O)c1ccc(N2C(=O)[C@H]3C4c5ccccc5C(c5ccccc54)[C@@H]3C2=O)cc1)Nc1ccc(Br)c(Cl)c1. The zero-order valence-corrected chi connectivity index (χ0v) is 24.3. The third-order valence-electron chi connectivity index (χ3n) is 8.35. The number of amides is 3. The van der Waals surface area contributed by atoms with Gasteiger partial charge >= 0.3 is 5.97 Å². The number of ether oxygens (including phenoxy) is 1. The summed E-state index contributed by atoms with van der Waals surface area (Å²) in [4.78, 5) is 54.0. The van der Waals surface area contributed by atoms with Crippen LogP contribution in [0, 0.1) is 11.8 Å². The molecule has 0 spiro atoms. The van der Waals surface area contributed by atoms with Gasteiger partial charge in [0.15, 0.2) is 6.61 Å². The molecule has 9 heteroatoms. The van der Waals surface area contributed by atoms with Gasteiger partial charge in [-0.3, -0.25) is 14.4 Å². The van der Waals surface area contributed by atoms with E-state index < -0.39 is 30.3 Å². The first-order chi connectivity index (χ1) is 20.3. The Bertz CT molecular complexity index is 1690. The Hall–Kier alpha value is -4.27. The maximum absolute atomic E-state index is 13.9. The van der Waals surface area contributed by atoms with Crippen molar-refractivity contribution in [2.24, 2.45) is 11.8 Å². The standard InChI is InChI=1S/C33H22BrClN2O5/c34-24-14-11-18(15-25(24)35)36-26(38)16-42-33(41)17-9-12-19(13-10-17)37-31(39)29-27-20-5-1-2-6-21(20)28(30(29)32(37)40)23-8-4-3-7-22(23)27/h1-15,27-30H,16H2,(H,36,38)/t27?,28?,29-,30-/m0/s1. The van der Waals surface area contributed by atoms with Gasteiger partial charge in [0.25, 0.3) is 5.91 Å². The summed E-state index contributed by atoms with van der Waals surface area (Å²) in [5.41, 5.74) is 5.48. The highest BCUT2D eigenvalue weighted by Crippen LogP contribution is 2.61. The maximum Gasteiger partial charge on any atom is 0.338 e. The van der Waals surface area contributed by atoms with Gasteiger partial charge in [-0.15, -0.1) is 0 Å². The Labute approximate surface area is 254 Å². The van der Waals surface area contributed by atoms with Gasteiger partial charge in [-0.2, -0.15) is 0 Å². The summed E-state index contributed by atoms with van der Waals surface area (Å²) < 4.78 is 5.86. The molecular formula is C33H22BrClN2O5. The van der Waals surface area contributed by atoms with Crippen molar-refractivity contribution in [3.05, 3.63) is 128 Å². The fourth-order valence-electron chi connectivity index (χ4n) is 6.66. The number of carbonyl (C=O) groups is 4. The molecular weight excluding hydrogens is 620 g/mol. The zero-order chi connectivity index (χ0) is 29.1. The lowest BCUT2D eigenvalue weighted by atomic mass is 9.55. The average molecular weight is 642 g/mol. The highest BCUT2D eigenvalue weighted by Gasteiger charge is 2.61. The number of rotatable bonds is 5. The minimum Gasteiger partial charge on any atom is -0.452 e. The molecule has 4 aromatic rings. The first kappa shape index (κ1) is 26.6. The summed E-state index contributed by atoms with van der Waals surface area (Å²) in [6.07, 6.45) is 0. The Morgan fingerprint density at radius 2 is 1.31 bits per heavy atom. The minimum atomic E-state index is -0.706. The Morgan fingerprint density at radius 3 is 1.81 bits per heavy atom. The third kappa shape index (κ3) is 4.16. The number of nitrogens with zero attached hydrogens (tertiary/aromatic N) is 1. The van der Waals surface area contributed by atoms with Crippen molar-refractivity contribution in [3.8, 4) is 0 Å². The highest BCUT2D eigenvalue weighted by atomic mass is 79.9. The summed E-state index contributed by atoms with van der Waals surface area (Å²) in [5, 5.41) is 3.05. The molecule has 7 nitrogen and oxygen atoms in total. The van der Waals surface area contributed by atoms with Crippen LogP contribution in [0.4, 0.5) is 11.4 Å². The summed E-state index contributed by atoms with van der Waals surface area (Å²) in [5.74, 6) is -3.06. The number of imide groups is 1. The van der Waals surface area contributed by atoms with E-state index in [2.05, 4.69) is 45.5 Å². The summed E-state index contributed by atoms with van der Waals surface area (Å²) >= 11 is 9.33. The normalized spacial score (nSPS) is 21.4. The van der Waals surface area contributed by atoms with E-state index in [9.17, 15) is 19.2 Å². The lowest BCUT2D eigenvalue weighted by Crippen LogP contribution is -2.41. The van der Waals surface area contributed by atoms with Crippen molar-refractivity contribution < 1.29 is 23.9 Å². The van der Waals surface area contributed by atoms with Crippen LogP contribution in [0.25, 0.3) is 0 Å². The number of benzene rings is 4. The Kier molecular flexibility index (Phi) is 6.48. The van der Waals surface area contributed by atoms with Crippen LogP contribution in [-0.4, -0.2) is 30.3 Å². The molecule has 2 bridgehead atoms. The molecule has 0 radical (unpaired) electrons.